The lowest BCUT2D eigenvalue weighted by Gasteiger charge is -2.20. The fraction of sp³-hybridized carbons (Fsp3) is 1.00. The van der Waals surface area contributed by atoms with E-state index in [0.29, 0.717) is 0 Å². The molecule has 1 aliphatic rings. The Morgan fingerprint density at radius 2 is 2.38 bits per heavy atom. The Labute approximate surface area is 53.2 Å². The van der Waals surface area contributed by atoms with Crippen LogP contribution in [-0.2, 0) is 4.74 Å². The molecule has 0 amide bonds. The lowest BCUT2D eigenvalue weighted by atomic mass is 10.2. The molecule has 1 nitrogen and oxygen atoms in total. The van der Waals surface area contributed by atoms with Crippen LogP contribution >= 0.6 is 0 Å². The first-order valence-electron chi connectivity index (χ1n) is 3.55. The van der Waals surface area contributed by atoms with E-state index in [1.807, 2.05) is 0 Å². The SMILES string of the molecule is C[SiH2]C1CCCCO1. The summed E-state index contributed by atoms with van der Waals surface area (Å²) < 4.78 is 5.49. The second kappa shape index (κ2) is 3.25. The van der Waals surface area contributed by atoms with Gasteiger partial charge in [0.15, 0.2) is 0 Å². The molecular formula is C6H14OSi. The van der Waals surface area contributed by atoms with Crippen LogP contribution < -0.4 is 0 Å². The van der Waals surface area contributed by atoms with Crippen LogP contribution in [0.4, 0.5) is 0 Å². The van der Waals surface area contributed by atoms with Crippen LogP contribution in [0, 0.1) is 0 Å². The zero-order valence-electron chi connectivity index (χ0n) is 5.52. The molecule has 2 heteroatoms. The molecule has 0 aromatic carbocycles. The van der Waals surface area contributed by atoms with Gasteiger partial charge in [-0.15, -0.1) is 0 Å². The minimum Gasteiger partial charge on any atom is -0.382 e. The van der Waals surface area contributed by atoms with Gasteiger partial charge < -0.3 is 4.74 Å². The van der Waals surface area contributed by atoms with Crippen molar-refractivity contribution in [1.29, 1.82) is 0 Å². The largest absolute Gasteiger partial charge is 0.382 e. The molecular weight excluding hydrogens is 116 g/mol. The highest BCUT2D eigenvalue weighted by Crippen LogP contribution is 2.10. The summed E-state index contributed by atoms with van der Waals surface area (Å²) in [6.07, 6.45) is 4.05. The number of hydrogen-bond acceptors (Lipinski definition) is 1. The summed E-state index contributed by atoms with van der Waals surface area (Å²) in [5, 5.41) is 0. The minimum absolute atomic E-state index is 0.146. The van der Waals surface area contributed by atoms with E-state index in [1.165, 1.54) is 19.3 Å². The van der Waals surface area contributed by atoms with Crippen LogP contribution in [0.3, 0.4) is 0 Å². The van der Waals surface area contributed by atoms with Crippen LogP contribution in [0.5, 0.6) is 0 Å². The van der Waals surface area contributed by atoms with E-state index in [9.17, 15) is 0 Å². The summed E-state index contributed by atoms with van der Waals surface area (Å²) in [7, 11) is 0.146. The fourth-order valence-electron chi connectivity index (χ4n) is 1.13. The highest BCUT2D eigenvalue weighted by atomic mass is 28.2. The van der Waals surface area contributed by atoms with E-state index in [0.717, 1.165) is 12.3 Å². The number of ether oxygens (including phenoxy) is 1. The van der Waals surface area contributed by atoms with Gasteiger partial charge in [-0.25, -0.2) is 0 Å². The van der Waals surface area contributed by atoms with Crippen LogP contribution in [0.2, 0.25) is 6.55 Å². The van der Waals surface area contributed by atoms with E-state index < -0.39 is 0 Å². The molecule has 0 bridgehead atoms. The topological polar surface area (TPSA) is 9.23 Å². The van der Waals surface area contributed by atoms with Crippen molar-refractivity contribution in [2.75, 3.05) is 6.61 Å². The first-order valence-corrected chi connectivity index (χ1v) is 5.78. The van der Waals surface area contributed by atoms with Gasteiger partial charge in [0.1, 0.15) is 0 Å². The zero-order valence-corrected chi connectivity index (χ0v) is 6.94. The first-order chi connectivity index (χ1) is 3.93. The van der Waals surface area contributed by atoms with Crippen LogP contribution in [0.25, 0.3) is 0 Å². The molecule has 1 aliphatic heterocycles. The summed E-state index contributed by atoms with van der Waals surface area (Å²) >= 11 is 0. The maximum absolute atomic E-state index is 5.49. The van der Waals surface area contributed by atoms with E-state index in [1.54, 1.807) is 0 Å². The van der Waals surface area contributed by atoms with E-state index >= 15 is 0 Å². The van der Waals surface area contributed by atoms with Crippen molar-refractivity contribution >= 4 is 9.52 Å². The number of rotatable bonds is 1. The Hall–Kier alpha value is 0.177. The molecule has 8 heavy (non-hydrogen) atoms. The predicted octanol–water partition coefficient (Wildman–Crippen LogP) is 0.730. The Kier molecular flexibility index (Phi) is 2.56. The predicted molar refractivity (Wildman–Crippen MR) is 38.0 cm³/mol. The molecule has 1 atom stereocenters. The second-order valence-corrected chi connectivity index (χ2v) is 4.12. The average molecular weight is 130 g/mol. The van der Waals surface area contributed by atoms with E-state index in [2.05, 4.69) is 6.55 Å². The lowest BCUT2D eigenvalue weighted by molar-refractivity contribution is 0.0655. The summed E-state index contributed by atoms with van der Waals surface area (Å²) in [6, 6.07) is 0. The first kappa shape index (κ1) is 6.30. The summed E-state index contributed by atoms with van der Waals surface area (Å²) in [5.41, 5.74) is 0.726. The summed E-state index contributed by atoms with van der Waals surface area (Å²) in [4.78, 5) is 0. The Morgan fingerprint density at radius 1 is 1.50 bits per heavy atom. The molecule has 1 unspecified atom stereocenters. The molecule has 1 fully saturated rings. The third-order valence-corrected chi connectivity index (χ3v) is 3.28. The van der Waals surface area contributed by atoms with Gasteiger partial charge in [0.25, 0.3) is 0 Å². The summed E-state index contributed by atoms with van der Waals surface area (Å²) in [5.74, 6) is 0. The van der Waals surface area contributed by atoms with Crippen molar-refractivity contribution in [1.82, 2.24) is 0 Å². The van der Waals surface area contributed by atoms with Gasteiger partial charge in [-0.3, -0.25) is 0 Å². The van der Waals surface area contributed by atoms with Crippen molar-refractivity contribution in [2.24, 2.45) is 0 Å². The third-order valence-electron chi connectivity index (χ3n) is 1.73. The van der Waals surface area contributed by atoms with Crippen molar-refractivity contribution < 1.29 is 4.74 Å². The molecule has 0 N–H and O–H groups in total. The Morgan fingerprint density at radius 3 is 2.75 bits per heavy atom. The Bertz CT molecular complexity index is 59.5. The van der Waals surface area contributed by atoms with Crippen molar-refractivity contribution in [3.8, 4) is 0 Å². The van der Waals surface area contributed by atoms with Crippen LogP contribution in [0.15, 0.2) is 0 Å². The van der Waals surface area contributed by atoms with Gasteiger partial charge in [0.2, 0.25) is 0 Å². The molecule has 0 aromatic heterocycles. The normalized spacial score (nSPS) is 31.9. The van der Waals surface area contributed by atoms with E-state index in [4.69, 9.17) is 4.74 Å². The highest BCUT2D eigenvalue weighted by Gasteiger charge is 2.10. The molecule has 0 aromatic rings. The maximum atomic E-state index is 5.49. The van der Waals surface area contributed by atoms with Gasteiger partial charge >= 0.3 is 0 Å². The highest BCUT2D eigenvalue weighted by molar-refractivity contribution is 6.35. The fourth-order valence-corrected chi connectivity index (χ4v) is 2.23. The molecule has 0 spiro atoms. The van der Waals surface area contributed by atoms with Crippen molar-refractivity contribution in [3.05, 3.63) is 0 Å². The molecule has 1 heterocycles. The van der Waals surface area contributed by atoms with Gasteiger partial charge in [0, 0.05) is 12.3 Å². The van der Waals surface area contributed by atoms with Crippen LogP contribution in [0.1, 0.15) is 19.3 Å². The molecule has 1 rings (SSSR count). The quantitative estimate of drug-likeness (QED) is 0.475. The maximum Gasteiger partial charge on any atom is 0.0525 e. The lowest BCUT2D eigenvalue weighted by Crippen LogP contribution is -2.23. The third kappa shape index (κ3) is 1.60. The Balaban J connectivity index is 2.13. The van der Waals surface area contributed by atoms with Crippen LogP contribution in [-0.4, -0.2) is 21.9 Å². The molecule has 0 radical (unpaired) electrons. The molecule has 0 saturated carbocycles. The molecule has 48 valence electrons. The van der Waals surface area contributed by atoms with Gasteiger partial charge in [-0.1, -0.05) is 6.55 Å². The molecule has 1 saturated heterocycles. The smallest absolute Gasteiger partial charge is 0.0525 e. The second-order valence-electron chi connectivity index (χ2n) is 2.40. The van der Waals surface area contributed by atoms with E-state index in [-0.39, 0.29) is 9.52 Å². The van der Waals surface area contributed by atoms with Crippen molar-refractivity contribution in [3.63, 3.8) is 0 Å². The number of hydrogen-bond donors (Lipinski definition) is 0. The monoisotopic (exact) mass is 130 g/mol. The minimum atomic E-state index is 0.146. The van der Waals surface area contributed by atoms with Gasteiger partial charge in [0.05, 0.1) is 9.52 Å². The summed E-state index contributed by atoms with van der Waals surface area (Å²) in [6.45, 7) is 3.36. The molecule has 0 aliphatic carbocycles. The van der Waals surface area contributed by atoms with Crippen molar-refractivity contribution in [2.45, 2.75) is 31.5 Å². The standard InChI is InChI=1S/C6H14OSi/c1-8-6-4-2-3-5-7-6/h6H,2-5,8H2,1H3. The zero-order chi connectivity index (χ0) is 5.82. The van der Waals surface area contributed by atoms with Gasteiger partial charge in [-0.05, 0) is 19.3 Å². The van der Waals surface area contributed by atoms with Gasteiger partial charge in [-0.2, -0.15) is 0 Å². The average Bonchev–Trinajstić information content (AvgIpc) is 1.90.